The van der Waals surface area contributed by atoms with Crippen LogP contribution in [0.15, 0.2) is 30.3 Å². The second-order valence-electron chi connectivity index (χ2n) is 7.43. The molecule has 3 heteroatoms. The van der Waals surface area contributed by atoms with Gasteiger partial charge in [0.15, 0.2) is 0 Å². The van der Waals surface area contributed by atoms with E-state index in [-0.39, 0.29) is 51.0 Å². The molecule has 0 amide bonds. The molecule has 0 aromatic heterocycles. The molecule has 146 valence electrons. The summed E-state index contributed by atoms with van der Waals surface area (Å²) in [5.74, 6) is 0. The van der Waals surface area contributed by atoms with Crippen molar-refractivity contribution in [3.63, 3.8) is 0 Å². The molecule has 0 nitrogen and oxygen atoms in total. The van der Waals surface area contributed by atoms with Crippen molar-refractivity contribution < 1.29 is 51.0 Å². The zero-order valence-electron chi connectivity index (χ0n) is 17.8. The van der Waals surface area contributed by atoms with E-state index in [1.807, 2.05) is 6.07 Å². The van der Waals surface area contributed by atoms with Gasteiger partial charge in [0.1, 0.15) is 0 Å². The van der Waals surface area contributed by atoms with Crippen molar-refractivity contribution >= 4 is 0 Å². The number of fused-ring (bicyclic) bond motifs is 3. The molecule has 0 N–H and O–H groups in total. The molecule has 0 spiro atoms. The van der Waals surface area contributed by atoms with Crippen molar-refractivity contribution in [2.24, 2.45) is 0 Å². The molecule has 0 aliphatic heterocycles. The van der Waals surface area contributed by atoms with Gasteiger partial charge in [-0.3, -0.25) is 0 Å². The zero-order chi connectivity index (χ0) is 18.3. The summed E-state index contributed by atoms with van der Waals surface area (Å²) in [6, 6.07) is 14.1. The van der Waals surface area contributed by atoms with E-state index in [4.69, 9.17) is 0 Å². The van der Waals surface area contributed by atoms with Crippen LogP contribution < -0.4 is 24.8 Å². The SMILES string of the molecule is Cc1c(C)c(C)[c-](C)c1C.Cc1cc[c-]c2c1-c1c(C)cccc1C2.[Cl-].[Cl-].[Zr+4]. The summed E-state index contributed by atoms with van der Waals surface area (Å²) >= 11 is 0. The molecule has 3 aromatic carbocycles. The van der Waals surface area contributed by atoms with Crippen molar-refractivity contribution in [2.75, 3.05) is 0 Å². The number of aryl methyl sites for hydroxylation is 2. The van der Waals surface area contributed by atoms with Crippen LogP contribution in [0, 0.1) is 54.5 Å². The van der Waals surface area contributed by atoms with Gasteiger partial charge in [0.05, 0.1) is 0 Å². The Morgan fingerprint density at radius 1 is 0.786 bits per heavy atom. The van der Waals surface area contributed by atoms with Gasteiger partial charge in [-0.05, 0) is 18.9 Å². The Bertz CT molecular complexity index is 822. The van der Waals surface area contributed by atoms with Crippen LogP contribution in [0.2, 0.25) is 0 Å². The van der Waals surface area contributed by atoms with Gasteiger partial charge in [-0.1, -0.05) is 70.9 Å². The van der Waals surface area contributed by atoms with E-state index in [0.29, 0.717) is 0 Å². The van der Waals surface area contributed by atoms with E-state index < -0.39 is 0 Å². The van der Waals surface area contributed by atoms with Crippen molar-refractivity contribution in [2.45, 2.75) is 54.9 Å². The molecule has 0 unspecified atom stereocenters. The van der Waals surface area contributed by atoms with Crippen LogP contribution in [0.3, 0.4) is 0 Å². The summed E-state index contributed by atoms with van der Waals surface area (Å²) < 4.78 is 0. The summed E-state index contributed by atoms with van der Waals surface area (Å²) in [4.78, 5) is 0. The van der Waals surface area contributed by atoms with Crippen LogP contribution in [-0.2, 0) is 32.6 Å². The fourth-order valence-corrected chi connectivity index (χ4v) is 3.98. The quantitative estimate of drug-likeness (QED) is 0.317. The number of hydrogen-bond acceptors (Lipinski definition) is 0. The predicted molar refractivity (Wildman–Crippen MR) is 109 cm³/mol. The maximum absolute atomic E-state index is 3.36. The van der Waals surface area contributed by atoms with Gasteiger partial charge in [-0.2, -0.15) is 51.6 Å². The number of rotatable bonds is 0. The topological polar surface area (TPSA) is 0 Å². The van der Waals surface area contributed by atoms with Crippen LogP contribution in [0.4, 0.5) is 0 Å². The van der Waals surface area contributed by atoms with E-state index in [1.165, 1.54) is 61.2 Å². The number of halogens is 2. The number of hydrogen-bond donors (Lipinski definition) is 0. The summed E-state index contributed by atoms with van der Waals surface area (Å²) in [6.07, 6.45) is 1.05. The van der Waals surface area contributed by atoms with Crippen molar-refractivity contribution in [3.05, 3.63) is 86.5 Å². The minimum atomic E-state index is 0. The first kappa shape index (κ1) is 27.3. The van der Waals surface area contributed by atoms with Crippen molar-refractivity contribution in [3.8, 4) is 11.1 Å². The van der Waals surface area contributed by atoms with E-state index in [2.05, 4.69) is 78.8 Å². The maximum atomic E-state index is 3.36. The fraction of sp³-hybridized carbons (Fsp3) is 0.320. The molecule has 3 aromatic rings. The van der Waals surface area contributed by atoms with E-state index in [0.717, 1.165) is 6.42 Å². The average molecular weight is 491 g/mol. The maximum Gasteiger partial charge on any atom is 4.00 e. The Balaban J connectivity index is 0.000000503. The van der Waals surface area contributed by atoms with E-state index in [9.17, 15) is 0 Å². The van der Waals surface area contributed by atoms with Crippen LogP contribution in [0.25, 0.3) is 11.1 Å². The molecule has 4 rings (SSSR count). The minimum absolute atomic E-state index is 0. The summed E-state index contributed by atoms with van der Waals surface area (Å²) in [6.45, 7) is 15.4. The third kappa shape index (κ3) is 4.87. The molecule has 0 heterocycles. The van der Waals surface area contributed by atoms with Crippen LogP contribution in [0.5, 0.6) is 0 Å². The largest absolute Gasteiger partial charge is 4.00 e. The minimum Gasteiger partial charge on any atom is -1.00 e. The molecule has 1 aliphatic rings. The van der Waals surface area contributed by atoms with Gasteiger partial charge in [0.2, 0.25) is 0 Å². The Kier molecular flexibility index (Phi) is 10.6. The first-order valence-electron chi connectivity index (χ1n) is 9.11. The summed E-state index contributed by atoms with van der Waals surface area (Å²) in [7, 11) is 0. The molecule has 0 saturated heterocycles. The molecule has 0 radical (unpaired) electrons. The molecule has 28 heavy (non-hydrogen) atoms. The standard InChI is InChI=1S/C15H13.C10H15.2ClH.Zr/c1-10-5-3-7-12-9-13-8-4-6-11(2)15(13)14(10)12;1-6-7(2)9(4)10(5)8(6)3;;;/h3-7H,9H2,1-2H3;1-5H3;2*1H;/q2*-1;;;+4/p-2. The van der Waals surface area contributed by atoms with Crippen molar-refractivity contribution in [1.29, 1.82) is 0 Å². The van der Waals surface area contributed by atoms with Gasteiger partial charge in [0, 0.05) is 0 Å². The molecular formula is C25H28Cl2Zr. The first-order valence-corrected chi connectivity index (χ1v) is 9.11. The Morgan fingerprint density at radius 3 is 1.82 bits per heavy atom. The monoisotopic (exact) mass is 488 g/mol. The van der Waals surface area contributed by atoms with E-state index in [1.54, 1.807) is 0 Å². The van der Waals surface area contributed by atoms with Gasteiger partial charge < -0.3 is 24.8 Å². The Morgan fingerprint density at radius 2 is 1.32 bits per heavy atom. The zero-order valence-corrected chi connectivity index (χ0v) is 21.8. The molecule has 1 aliphatic carbocycles. The van der Waals surface area contributed by atoms with Crippen LogP contribution >= 0.6 is 0 Å². The molecule has 0 bridgehead atoms. The normalized spacial score (nSPS) is 10.4. The third-order valence-corrected chi connectivity index (χ3v) is 6.08. The summed E-state index contributed by atoms with van der Waals surface area (Å²) in [5, 5.41) is 0. The second kappa shape index (κ2) is 10.9. The predicted octanol–water partition coefficient (Wildman–Crippen LogP) is 0.628. The Hall–Kier alpha value is -0.747. The third-order valence-electron chi connectivity index (χ3n) is 6.08. The fourth-order valence-electron chi connectivity index (χ4n) is 3.98. The van der Waals surface area contributed by atoms with Gasteiger partial charge in [-0.25, -0.2) is 0 Å². The number of benzene rings is 2. The van der Waals surface area contributed by atoms with E-state index >= 15 is 0 Å². The average Bonchev–Trinajstić information content (AvgIpc) is 3.06. The molecule has 0 fully saturated rings. The van der Waals surface area contributed by atoms with Crippen molar-refractivity contribution in [1.82, 2.24) is 0 Å². The second-order valence-corrected chi connectivity index (χ2v) is 7.43. The molecular weight excluding hydrogens is 462 g/mol. The molecule has 0 saturated carbocycles. The smallest absolute Gasteiger partial charge is 1.00 e. The Labute approximate surface area is 202 Å². The summed E-state index contributed by atoms with van der Waals surface area (Å²) in [5.41, 5.74) is 15.8. The molecule has 0 atom stereocenters. The van der Waals surface area contributed by atoms with Gasteiger partial charge in [-0.15, -0.1) is 11.1 Å². The first-order chi connectivity index (χ1) is 11.8. The van der Waals surface area contributed by atoms with Crippen LogP contribution in [0.1, 0.15) is 50.1 Å². The van der Waals surface area contributed by atoms with Gasteiger partial charge >= 0.3 is 26.2 Å². The van der Waals surface area contributed by atoms with Gasteiger partial charge in [0.25, 0.3) is 0 Å². The van der Waals surface area contributed by atoms with Crippen LogP contribution in [-0.4, -0.2) is 0 Å².